The van der Waals surface area contributed by atoms with Gasteiger partial charge in [-0.3, -0.25) is 4.79 Å². The van der Waals surface area contributed by atoms with Gasteiger partial charge < -0.3 is 10.6 Å². The van der Waals surface area contributed by atoms with Gasteiger partial charge in [-0.05, 0) is 44.5 Å². The normalized spacial score (nSPS) is 23.5. The van der Waals surface area contributed by atoms with Crippen LogP contribution < -0.4 is 10.6 Å². The summed E-state index contributed by atoms with van der Waals surface area (Å²) in [7, 11) is 0. The molecule has 23 heavy (non-hydrogen) atoms. The molecule has 118 valence electrons. The average molecular weight is 324 g/mol. The number of carbonyl (C=O) groups is 1. The Morgan fingerprint density at radius 3 is 2.61 bits per heavy atom. The maximum absolute atomic E-state index is 12.8. The first-order chi connectivity index (χ1) is 11.1. The predicted molar refractivity (Wildman–Crippen MR) is 96.2 cm³/mol. The summed E-state index contributed by atoms with van der Waals surface area (Å²) in [5.74, 6) is 0.563. The van der Waals surface area contributed by atoms with Crippen LogP contribution in [0.3, 0.4) is 0 Å². The number of aryl methyl sites for hydroxylation is 1. The van der Waals surface area contributed by atoms with E-state index in [0.29, 0.717) is 12.3 Å². The van der Waals surface area contributed by atoms with E-state index in [1.165, 1.54) is 9.75 Å². The number of ketones is 1. The topological polar surface area (TPSA) is 41.1 Å². The van der Waals surface area contributed by atoms with Crippen molar-refractivity contribution in [3.63, 3.8) is 0 Å². The summed E-state index contributed by atoms with van der Waals surface area (Å²) >= 11 is 1.81. The van der Waals surface area contributed by atoms with E-state index < -0.39 is 0 Å². The van der Waals surface area contributed by atoms with Gasteiger partial charge in [-0.25, -0.2) is 0 Å². The maximum Gasteiger partial charge on any atom is 0.163 e. The molecule has 2 heterocycles. The van der Waals surface area contributed by atoms with Crippen LogP contribution in [0.1, 0.15) is 35.4 Å². The van der Waals surface area contributed by atoms with Crippen LogP contribution in [0.15, 0.2) is 47.7 Å². The molecule has 0 fully saturated rings. The molecule has 2 aliphatic rings. The van der Waals surface area contributed by atoms with Gasteiger partial charge in [0.25, 0.3) is 0 Å². The monoisotopic (exact) mass is 324 g/mol. The second-order valence-electron chi connectivity index (χ2n) is 6.41. The first kappa shape index (κ1) is 14.5. The number of thiophene rings is 1. The highest BCUT2D eigenvalue weighted by atomic mass is 32.1. The third kappa shape index (κ3) is 2.57. The first-order valence-corrected chi connectivity index (χ1v) is 8.88. The van der Waals surface area contributed by atoms with E-state index in [9.17, 15) is 4.79 Å². The molecule has 1 aromatic heterocycles. The second-order valence-corrected chi connectivity index (χ2v) is 7.73. The van der Waals surface area contributed by atoms with Crippen LogP contribution in [0.5, 0.6) is 0 Å². The standard InChI is InChI=1S/C19H20N2OS/c1-11-7-8-18(23-11)13-9-16-19(17(22)10-13)12(2)20-14-5-3-4-6-15(14)21-16/h3-8,12-13,20-21H,9-10H2,1-2H3/t12-,13+/m0/s1. The van der Waals surface area contributed by atoms with E-state index in [0.717, 1.165) is 29.1 Å². The average Bonchev–Trinajstić information content (AvgIpc) is 2.88. The minimum atomic E-state index is 0.0414. The lowest BCUT2D eigenvalue weighted by atomic mass is 9.83. The van der Waals surface area contributed by atoms with E-state index in [2.05, 4.69) is 48.7 Å². The van der Waals surface area contributed by atoms with Crippen molar-refractivity contribution < 1.29 is 4.79 Å². The summed E-state index contributed by atoms with van der Waals surface area (Å²) < 4.78 is 0. The number of hydrogen-bond donors (Lipinski definition) is 2. The number of anilines is 2. The molecule has 0 radical (unpaired) electrons. The number of para-hydroxylation sites is 2. The molecule has 0 saturated carbocycles. The third-order valence-electron chi connectivity index (χ3n) is 4.69. The van der Waals surface area contributed by atoms with Gasteiger partial charge >= 0.3 is 0 Å². The van der Waals surface area contributed by atoms with Gasteiger partial charge in [0.15, 0.2) is 5.78 Å². The van der Waals surface area contributed by atoms with Crippen molar-refractivity contribution >= 4 is 28.5 Å². The van der Waals surface area contributed by atoms with Gasteiger partial charge in [-0.1, -0.05) is 12.1 Å². The van der Waals surface area contributed by atoms with Gasteiger partial charge in [0.2, 0.25) is 0 Å². The lowest BCUT2D eigenvalue weighted by molar-refractivity contribution is -0.116. The van der Waals surface area contributed by atoms with Crippen LogP contribution in [-0.4, -0.2) is 11.8 Å². The van der Waals surface area contributed by atoms with Crippen molar-refractivity contribution in [1.82, 2.24) is 0 Å². The minimum absolute atomic E-state index is 0.0414. The Labute approximate surface area is 140 Å². The molecule has 4 heteroatoms. The zero-order chi connectivity index (χ0) is 16.0. The van der Waals surface area contributed by atoms with Crippen molar-refractivity contribution in [2.75, 3.05) is 10.6 Å². The molecule has 1 aliphatic heterocycles. The Balaban J connectivity index is 1.72. The van der Waals surface area contributed by atoms with Gasteiger partial charge in [-0.2, -0.15) is 0 Å². The molecule has 2 N–H and O–H groups in total. The molecule has 2 atom stereocenters. The number of hydrogen-bond acceptors (Lipinski definition) is 4. The molecule has 0 amide bonds. The lowest BCUT2D eigenvalue weighted by Gasteiger charge is -2.27. The highest BCUT2D eigenvalue weighted by Gasteiger charge is 2.33. The summed E-state index contributed by atoms with van der Waals surface area (Å²) in [4.78, 5) is 15.4. The third-order valence-corrected chi connectivity index (χ3v) is 5.85. The van der Waals surface area contributed by atoms with Crippen LogP contribution in [0.2, 0.25) is 0 Å². The Morgan fingerprint density at radius 1 is 1.09 bits per heavy atom. The molecular weight excluding hydrogens is 304 g/mol. The zero-order valence-electron chi connectivity index (χ0n) is 13.3. The van der Waals surface area contributed by atoms with Crippen LogP contribution in [0.4, 0.5) is 11.4 Å². The second kappa shape index (κ2) is 5.53. The zero-order valence-corrected chi connectivity index (χ0v) is 14.2. The van der Waals surface area contributed by atoms with E-state index in [4.69, 9.17) is 0 Å². The van der Waals surface area contributed by atoms with Crippen molar-refractivity contribution in [3.05, 3.63) is 57.4 Å². The van der Waals surface area contributed by atoms with Gasteiger partial charge in [-0.15, -0.1) is 11.3 Å². The van der Waals surface area contributed by atoms with Crippen molar-refractivity contribution in [2.45, 2.75) is 38.6 Å². The summed E-state index contributed by atoms with van der Waals surface area (Å²) in [6, 6.07) is 12.5. The van der Waals surface area contributed by atoms with Crippen LogP contribution in [0.25, 0.3) is 0 Å². The van der Waals surface area contributed by atoms with Crippen LogP contribution in [0, 0.1) is 6.92 Å². The van der Waals surface area contributed by atoms with E-state index in [-0.39, 0.29) is 11.8 Å². The largest absolute Gasteiger partial charge is 0.377 e. The Morgan fingerprint density at radius 2 is 1.87 bits per heavy atom. The molecule has 1 aromatic carbocycles. The van der Waals surface area contributed by atoms with Crippen LogP contribution in [-0.2, 0) is 4.79 Å². The van der Waals surface area contributed by atoms with Crippen molar-refractivity contribution in [1.29, 1.82) is 0 Å². The predicted octanol–water partition coefficient (Wildman–Crippen LogP) is 4.68. The number of Topliss-reactive ketones (excluding diaryl/α,β-unsaturated/α-hetero) is 1. The highest BCUT2D eigenvalue weighted by molar-refractivity contribution is 7.12. The summed E-state index contributed by atoms with van der Waals surface area (Å²) in [6.45, 7) is 4.20. The number of allylic oxidation sites excluding steroid dienone is 1. The van der Waals surface area contributed by atoms with E-state index in [1.54, 1.807) is 0 Å². The van der Waals surface area contributed by atoms with E-state index >= 15 is 0 Å². The van der Waals surface area contributed by atoms with Gasteiger partial charge in [0.1, 0.15) is 0 Å². The number of fused-ring (bicyclic) bond motifs is 1. The molecule has 0 unspecified atom stereocenters. The Kier molecular flexibility index (Phi) is 3.49. The lowest BCUT2D eigenvalue weighted by Crippen LogP contribution is -2.29. The fourth-order valence-corrected chi connectivity index (χ4v) is 4.59. The van der Waals surface area contributed by atoms with Crippen LogP contribution >= 0.6 is 11.3 Å². The molecule has 0 saturated heterocycles. The Bertz CT molecular complexity index is 805. The number of rotatable bonds is 1. The molecule has 3 nitrogen and oxygen atoms in total. The summed E-state index contributed by atoms with van der Waals surface area (Å²) in [5, 5.41) is 7.00. The smallest absolute Gasteiger partial charge is 0.163 e. The fraction of sp³-hybridized carbons (Fsp3) is 0.316. The Hall–Kier alpha value is -2.07. The number of nitrogens with one attached hydrogen (secondary N) is 2. The van der Waals surface area contributed by atoms with Gasteiger partial charge in [0.05, 0.1) is 17.4 Å². The van der Waals surface area contributed by atoms with Crippen molar-refractivity contribution in [2.24, 2.45) is 0 Å². The molecule has 1 aliphatic carbocycles. The summed E-state index contributed by atoms with van der Waals surface area (Å²) in [5.41, 5.74) is 4.12. The molecule has 0 spiro atoms. The maximum atomic E-state index is 12.8. The first-order valence-electron chi connectivity index (χ1n) is 8.07. The summed E-state index contributed by atoms with van der Waals surface area (Å²) in [6.07, 6.45) is 1.52. The fourth-order valence-electron chi connectivity index (χ4n) is 3.61. The number of carbonyl (C=O) groups excluding carboxylic acids is 1. The van der Waals surface area contributed by atoms with Crippen molar-refractivity contribution in [3.8, 4) is 0 Å². The molecule has 0 bridgehead atoms. The number of benzene rings is 1. The quantitative estimate of drug-likeness (QED) is 0.800. The highest BCUT2D eigenvalue weighted by Crippen LogP contribution is 2.41. The van der Waals surface area contributed by atoms with Gasteiger partial charge in [0, 0.05) is 33.4 Å². The minimum Gasteiger partial charge on any atom is -0.377 e. The molecular formula is C19H20N2OS. The molecule has 2 aromatic rings. The SMILES string of the molecule is Cc1ccc([C@H]2CC(=O)C3=C(C2)Nc2ccccc2N[C@H]3C)s1. The molecule has 4 rings (SSSR count). The van der Waals surface area contributed by atoms with E-state index in [1.807, 2.05) is 23.5 Å².